The van der Waals surface area contributed by atoms with Gasteiger partial charge in [-0.05, 0) is 11.6 Å². The first kappa shape index (κ1) is 16.5. The average Bonchev–Trinajstić information content (AvgIpc) is 2.39. The Bertz CT molecular complexity index is 521. The van der Waals surface area contributed by atoms with Crippen LogP contribution in [0, 0.1) is 23.3 Å². The lowest BCUT2D eigenvalue weighted by atomic mass is 10.1. The molecule has 1 unspecified atom stereocenters. The van der Waals surface area contributed by atoms with E-state index < -0.39 is 41.5 Å². The van der Waals surface area contributed by atoms with Crippen LogP contribution in [0.25, 0.3) is 0 Å². The van der Waals surface area contributed by atoms with E-state index in [1.54, 1.807) is 0 Å². The second kappa shape index (κ2) is 6.74. The van der Waals surface area contributed by atoms with Crippen molar-refractivity contribution in [2.45, 2.75) is 12.7 Å². The molecule has 0 aliphatic carbocycles. The van der Waals surface area contributed by atoms with E-state index in [9.17, 15) is 22.0 Å². The van der Waals surface area contributed by atoms with E-state index in [-0.39, 0.29) is 5.96 Å². The number of alkyl halides is 1. The molecule has 112 valence electrons. The predicted molar refractivity (Wildman–Crippen MR) is 65.0 cm³/mol. The fourth-order valence-electron chi connectivity index (χ4n) is 1.45. The van der Waals surface area contributed by atoms with Gasteiger partial charge in [-0.1, -0.05) is 0 Å². The molecule has 1 rings (SSSR count). The second-order valence-corrected chi connectivity index (χ2v) is 4.31. The molecule has 0 aliphatic rings. The summed E-state index contributed by atoms with van der Waals surface area (Å²) < 4.78 is 66.6. The number of aliphatic imine (C=N–C) groups is 1. The van der Waals surface area contributed by atoms with Gasteiger partial charge in [-0.25, -0.2) is 22.0 Å². The maximum Gasteiger partial charge on any atom is 0.210 e. The molecule has 0 radical (unpaired) electrons. The van der Waals surface area contributed by atoms with Crippen LogP contribution in [-0.2, 0) is 6.42 Å². The number of nitrogens with zero attached hydrogens (tertiary/aromatic N) is 2. The molecule has 0 amide bonds. The van der Waals surface area contributed by atoms with Gasteiger partial charge in [-0.15, -0.1) is 0 Å². The van der Waals surface area contributed by atoms with Crippen molar-refractivity contribution in [2.24, 2.45) is 4.99 Å². The Hall–Kier alpha value is -1.57. The molecule has 0 aliphatic heterocycles. The molecule has 0 heterocycles. The van der Waals surface area contributed by atoms with Crippen LogP contribution in [0.5, 0.6) is 0 Å². The lowest BCUT2D eigenvalue weighted by molar-refractivity contribution is 0.298. The zero-order valence-electron chi connectivity index (χ0n) is 10.5. The summed E-state index contributed by atoms with van der Waals surface area (Å²) in [6.07, 6.45) is -2.65. The summed E-state index contributed by atoms with van der Waals surface area (Å²) in [5.74, 6) is -7.22. The predicted octanol–water partition coefficient (Wildman–Crippen LogP) is 2.74. The Kier molecular flexibility index (Phi) is 5.55. The van der Waals surface area contributed by atoms with Gasteiger partial charge in [0.15, 0.2) is 29.6 Å². The van der Waals surface area contributed by atoms with Gasteiger partial charge in [-0.3, -0.25) is 9.41 Å². The van der Waals surface area contributed by atoms with E-state index in [4.69, 9.17) is 11.8 Å². The standard InChI is InChI=1S/C11H11ClF5N3/c1-18-11(20(2)12)19-7(14)4-5-3-6(13)9(16)10(17)8(5)15/h3,7H,4H2,1-2H3,(H,18,19). The SMILES string of the molecule is CN=C(NC(F)Cc1cc(F)c(F)c(F)c1F)N(C)Cl. The summed E-state index contributed by atoms with van der Waals surface area (Å²) in [6.45, 7) is 0. The molecule has 0 saturated heterocycles. The number of nitrogens with one attached hydrogen (secondary N) is 1. The first-order valence-electron chi connectivity index (χ1n) is 5.36. The van der Waals surface area contributed by atoms with Crippen molar-refractivity contribution in [1.82, 2.24) is 9.74 Å². The van der Waals surface area contributed by atoms with Gasteiger partial charge in [0.25, 0.3) is 0 Å². The van der Waals surface area contributed by atoms with Crippen LogP contribution in [0.3, 0.4) is 0 Å². The van der Waals surface area contributed by atoms with Crippen molar-refractivity contribution in [3.05, 3.63) is 34.9 Å². The van der Waals surface area contributed by atoms with Crippen LogP contribution in [-0.4, -0.2) is 30.8 Å². The van der Waals surface area contributed by atoms with Crippen LogP contribution < -0.4 is 5.32 Å². The first-order valence-corrected chi connectivity index (χ1v) is 5.70. The zero-order valence-corrected chi connectivity index (χ0v) is 11.3. The topological polar surface area (TPSA) is 27.6 Å². The number of halogens is 6. The molecule has 0 aromatic heterocycles. The van der Waals surface area contributed by atoms with E-state index in [2.05, 4.69) is 10.3 Å². The minimum Gasteiger partial charge on any atom is -0.325 e. The summed E-state index contributed by atoms with van der Waals surface area (Å²) in [5, 5.41) is 2.17. The van der Waals surface area contributed by atoms with E-state index in [0.717, 1.165) is 4.42 Å². The third kappa shape index (κ3) is 3.72. The monoisotopic (exact) mass is 315 g/mol. The highest BCUT2D eigenvalue weighted by Gasteiger charge is 2.21. The molecule has 0 saturated carbocycles. The Labute approximate surface area is 117 Å². The highest BCUT2D eigenvalue weighted by atomic mass is 35.5. The fourth-order valence-corrected chi connectivity index (χ4v) is 1.57. The van der Waals surface area contributed by atoms with Gasteiger partial charge in [-0.2, -0.15) is 0 Å². The number of hydrogen-bond donors (Lipinski definition) is 1. The molecule has 1 atom stereocenters. The van der Waals surface area contributed by atoms with E-state index in [0.29, 0.717) is 6.07 Å². The molecule has 1 aromatic rings. The summed E-state index contributed by atoms with van der Waals surface area (Å²) >= 11 is 5.52. The number of hydrogen-bond acceptors (Lipinski definition) is 1. The highest BCUT2D eigenvalue weighted by molar-refractivity contribution is 6.21. The number of guanidine groups is 1. The Morgan fingerprint density at radius 2 is 1.90 bits per heavy atom. The van der Waals surface area contributed by atoms with Crippen molar-refractivity contribution < 1.29 is 22.0 Å². The third-order valence-corrected chi connectivity index (χ3v) is 2.53. The van der Waals surface area contributed by atoms with Crippen LogP contribution >= 0.6 is 11.8 Å². The van der Waals surface area contributed by atoms with Crippen molar-refractivity contribution in [3.8, 4) is 0 Å². The molecular weight excluding hydrogens is 305 g/mol. The first-order chi connectivity index (χ1) is 9.27. The van der Waals surface area contributed by atoms with Crippen molar-refractivity contribution in [3.63, 3.8) is 0 Å². The lowest BCUT2D eigenvalue weighted by Gasteiger charge is -2.17. The molecule has 0 bridgehead atoms. The van der Waals surface area contributed by atoms with Crippen LogP contribution in [0.4, 0.5) is 22.0 Å². The molecule has 1 N–H and O–H groups in total. The van der Waals surface area contributed by atoms with Gasteiger partial charge in [0, 0.05) is 32.3 Å². The van der Waals surface area contributed by atoms with Crippen molar-refractivity contribution >= 4 is 17.7 Å². The van der Waals surface area contributed by atoms with Gasteiger partial charge in [0.05, 0.1) is 0 Å². The quantitative estimate of drug-likeness (QED) is 0.177. The summed E-state index contributed by atoms with van der Waals surface area (Å²) in [7, 11) is 2.69. The minimum atomic E-state index is -1.98. The van der Waals surface area contributed by atoms with Crippen LogP contribution in [0.2, 0.25) is 0 Å². The Morgan fingerprint density at radius 1 is 1.30 bits per heavy atom. The minimum absolute atomic E-state index is 0.0670. The van der Waals surface area contributed by atoms with Crippen LogP contribution in [0.1, 0.15) is 5.56 Å². The van der Waals surface area contributed by atoms with Gasteiger partial charge >= 0.3 is 0 Å². The highest BCUT2D eigenvalue weighted by Crippen LogP contribution is 2.20. The summed E-state index contributed by atoms with van der Waals surface area (Å²) in [5.41, 5.74) is -0.644. The van der Waals surface area contributed by atoms with Gasteiger partial charge < -0.3 is 5.32 Å². The molecule has 1 aromatic carbocycles. The third-order valence-electron chi connectivity index (χ3n) is 2.37. The van der Waals surface area contributed by atoms with E-state index in [1.807, 2.05) is 0 Å². The molecular formula is C11H11ClF5N3. The van der Waals surface area contributed by atoms with Crippen molar-refractivity contribution in [2.75, 3.05) is 14.1 Å². The smallest absolute Gasteiger partial charge is 0.210 e. The molecule has 0 spiro atoms. The summed E-state index contributed by atoms with van der Waals surface area (Å²) in [6, 6.07) is 0.398. The molecule has 20 heavy (non-hydrogen) atoms. The van der Waals surface area contributed by atoms with Crippen LogP contribution in [0.15, 0.2) is 11.1 Å². The van der Waals surface area contributed by atoms with Gasteiger partial charge in [0.1, 0.15) is 0 Å². The molecule has 0 fully saturated rings. The van der Waals surface area contributed by atoms with E-state index in [1.165, 1.54) is 14.1 Å². The Balaban J connectivity index is 2.89. The normalized spacial score (nSPS) is 13.3. The zero-order chi connectivity index (χ0) is 15.4. The van der Waals surface area contributed by atoms with E-state index >= 15 is 0 Å². The second-order valence-electron chi connectivity index (χ2n) is 3.80. The number of rotatable bonds is 3. The lowest BCUT2D eigenvalue weighted by Crippen LogP contribution is -2.39. The number of benzene rings is 1. The summed E-state index contributed by atoms with van der Waals surface area (Å²) in [4.78, 5) is 3.60. The van der Waals surface area contributed by atoms with Gasteiger partial charge in [0.2, 0.25) is 5.96 Å². The average molecular weight is 316 g/mol. The Morgan fingerprint density at radius 3 is 2.40 bits per heavy atom. The maximum atomic E-state index is 13.6. The largest absolute Gasteiger partial charge is 0.325 e. The fraction of sp³-hybridized carbons (Fsp3) is 0.364. The molecule has 9 heteroatoms. The maximum absolute atomic E-state index is 13.6. The van der Waals surface area contributed by atoms with Crippen molar-refractivity contribution in [1.29, 1.82) is 0 Å². The molecule has 3 nitrogen and oxygen atoms in total.